The summed E-state index contributed by atoms with van der Waals surface area (Å²) in [6.07, 6.45) is 6.14. The van der Waals surface area contributed by atoms with Crippen molar-refractivity contribution in [1.29, 1.82) is 0 Å². The molecule has 0 aliphatic rings. The monoisotopic (exact) mass is 348 g/mol. The van der Waals surface area contributed by atoms with Crippen LogP contribution in [0.15, 0.2) is 36.7 Å². The second-order valence-electron chi connectivity index (χ2n) is 5.30. The number of carbonyl (C=O) groups excluding carboxylic acids is 1. The second-order valence-corrected chi connectivity index (χ2v) is 5.71. The number of hydrogen-bond acceptors (Lipinski definition) is 4. The molecule has 0 aliphatic carbocycles. The fourth-order valence-electron chi connectivity index (χ4n) is 2.34. The molecule has 0 unspecified atom stereocenters. The van der Waals surface area contributed by atoms with Gasteiger partial charge < -0.3 is 14.8 Å². The number of anilines is 1. The summed E-state index contributed by atoms with van der Waals surface area (Å²) in [5.74, 6) is 1.39. The summed E-state index contributed by atoms with van der Waals surface area (Å²) in [4.78, 5) is 15.8. The Morgan fingerprint density at radius 3 is 2.67 bits per heavy atom. The van der Waals surface area contributed by atoms with E-state index in [1.54, 1.807) is 26.5 Å². The fraction of sp³-hybridized carbons (Fsp3) is 0.333. The number of methoxy groups -OCH3 is 2. The lowest BCUT2D eigenvalue weighted by Gasteiger charge is -2.09. The van der Waals surface area contributed by atoms with Crippen molar-refractivity contribution in [1.82, 2.24) is 4.98 Å². The normalized spacial score (nSPS) is 10.3. The van der Waals surface area contributed by atoms with Crippen LogP contribution >= 0.6 is 11.6 Å². The number of halogens is 1. The number of amides is 1. The quantitative estimate of drug-likeness (QED) is 0.729. The first-order chi connectivity index (χ1) is 11.6. The van der Waals surface area contributed by atoms with Crippen LogP contribution in [0.5, 0.6) is 11.5 Å². The number of benzene rings is 1. The van der Waals surface area contributed by atoms with E-state index in [0.29, 0.717) is 17.1 Å². The molecule has 0 bridgehead atoms. The number of carbonyl (C=O) groups is 1. The number of nitrogens with one attached hydrogen (secondary N) is 1. The molecule has 0 aliphatic heterocycles. The van der Waals surface area contributed by atoms with Gasteiger partial charge in [0.05, 0.1) is 24.9 Å². The van der Waals surface area contributed by atoms with Crippen molar-refractivity contribution in [2.24, 2.45) is 0 Å². The maximum atomic E-state index is 11.9. The highest BCUT2D eigenvalue weighted by Crippen LogP contribution is 2.28. The van der Waals surface area contributed by atoms with Crippen molar-refractivity contribution >= 4 is 23.2 Å². The standard InChI is InChI=1S/C18H21ClN2O3/c1-23-16-8-7-13(11-17(16)24-2)5-3-4-6-18(22)21-15-9-10-20-12-14(15)19/h7-12H,3-6H2,1-2H3,(H,20,21,22). The van der Waals surface area contributed by atoms with E-state index in [4.69, 9.17) is 21.1 Å². The Hall–Kier alpha value is -2.27. The minimum atomic E-state index is -0.0459. The molecular formula is C18H21ClN2O3. The van der Waals surface area contributed by atoms with Gasteiger partial charge in [-0.15, -0.1) is 0 Å². The van der Waals surface area contributed by atoms with Crippen LogP contribution in [-0.4, -0.2) is 25.1 Å². The lowest BCUT2D eigenvalue weighted by Crippen LogP contribution is -2.11. The minimum Gasteiger partial charge on any atom is -0.493 e. The molecule has 2 rings (SSSR count). The molecule has 5 nitrogen and oxygen atoms in total. The Balaban J connectivity index is 1.76. The van der Waals surface area contributed by atoms with E-state index < -0.39 is 0 Å². The SMILES string of the molecule is COc1ccc(CCCCC(=O)Nc2ccncc2Cl)cc1OC. The average molecular weight is 349 g/mol. The molecular weight excluding hydrogens is 328 g/mol. The van der Waals surface area contributed by atoms with Crippen LogP contribution in [-0.2, 0) is 11.2 Å². The van der Waals surface area contributed by atoms with Gasteiger partial charge in [-0.1, -0.05) is 17.7 Å². The van der Waals surface area contributed by atoms with E-state index in [0.717, 1.165) is 36.3 Å². The Labute approximate surface area is 147 Å². The predicted octanol–water partition coefficient (Wildman–Crippen LogP) is 4.10. The zero-order valence-corrected chi connectivity index (χ0v) is 14.6. The van der Waals surface area contributed by atoms with Crippen molar-refractivity contribution in [3.05, 3.63) is 47.2 Å². The van der Waals surface area contributed by atoms with Crippen LogP contribution in [0, 0.1) is 0 Å². The van der Waals surface area contributed by atoms with Gasteiger partial charge in [-0.3, -0.25) is 9.78 Å². The number of hydrogen-bond donors (Lipinski definition) is 1. The molecule has 0 atom stereocenters. The second kappa shape index (κ2) is 9.13. The maximum Gasteiger partial charge on any atom is 0.224 e. The molecule has 1 aromatic carbocycles. The summed E-state index contributed by atoms with van der Waals surface area (Å²) < 4.78 is 10.5. The van der Waals surface area contributed by atoms with Gasteiger partial charge in [-0.05, 0) is 43.0 Å². The first kappa shape index (κ1) is 18.1. The summed E-state index contributed by atoms with van der Waals surface area (Å²) in [5.41, 5.74) is 1.75. The first-order valence-electron chi connectivity index (χ1n) is 7.74. The molecule has 0 radical (unpaired) electrons. The van der Waals surface area contributed by atoms with E-state index in [1.807, 2.05) is 18.2 Å². The molecule has 0 fully saturated rings. The number of unbranched alkanes of at least 4 members (excludes halogenated alkanes) is 1. The molecule has 0 saturated heterocycles. The topological polar surface area (TPSA) is 60.5 Å². The zero-order valence-electron chi connectivity index (χ0n) is 13.8. The van der Waals surface area contributed by atoms with Crippen molar-refractivity contribution in [3.63, 3.8) is 0 Å². The molecule has 1 amide bonds. The molecule has 6 heteroatoms. The largest absolute Gasteiger partial charge is 0.493 e. The molecule has 2 aromatic rings. The Kier molecular flexibility index (Phi) is 6.88. The molecule has 0 saturated carbocycles. The number of aromatic nitrogens is 1. The van der Waals surface area contributed by atoms with E-state index in [1.165, 1.54) is 6.20 Å². The van der Waals surface area contributed by atoms with Crippen LogP contribution in [0.4, 0.5) is 5.69 Å². The van der Waals surface area contributed by atoms with Gasteiger partial charge in [-0.2, -0.15) is 0 Å². The van der Waals surface area contributed by atoms with Crippen LogP contribution in [0.1, 0.15) is 24.8 Å². The summed E-state index contributed by atoms with van der Waals surface area (Å²) in [5, 5.41) is 3.24. The predicted molar refractivity (Wildman–Crippen MR) is 95.0 cm³/mol. The Bertz CT molecular complexity index is 692. The molecule has 1 N–H and O–H groups in total. The molecule has 0 spiro atoms. The van der Waals surface area contributed by atoms with Gasteiger partial charge in [0, 0.05) is 18.8 Å². The summed E-state index contributed by atoms with van der Waals surface area (Å²) in [7, 11) is 3.24. The van der Waals surface area contributed by atoms with Gasteiger partial charge in [0.2, 0.25) is 5.91 Å². The van der Waals surface area contributed by atoms with Gasteiger partial charge in [0.15, 0.2) is 11.5 Å². The van der Waals surface area contributed by atoms with Crippen molar-refractivity contribution in [2.75, 3.05) is 19.5 Å². The van der Waals surface area contributed by atoms with Crippen molar-refractivity contribution < 1.29 is 14.3 Å². The van der Waals surface area contributed by atoms with Crippen LogP contribution in [0.25, 0.3) is 0 Å². The lowest BCUT2D eigenvalue weighted by atomic mass is 10.1. The number of rotatable bonds is 8. The van der Waals surface area contributed by atoms with E-state index >= 15 is 0 Å². The summed E-state index contributed by atoms with van der Waals surface area (Å²) in [6, 6.07) is 7.56. The third-order valence-corrected chi connectivity index (χ3v) is 3.91. The smallest absolute Gasteiger partial charge is 0.224 e. The van der Waals surface area contributed by atoms with Crippen molar-refractivity contribution in [3.8, 4) is 11.5 Å². The van der Waals surface area contributed by atoms with Gasteiger partial charge in [0.25, 0.3) is 0 Å². The number of ether oxygens (including phenoxy) is 2. The van der Waals surface area contributed by atoms with Gasteiger partial charge in [0.1, 0.15) is 0 Å². The van der Waals surface area contributed by atoms with Crippen LogP contribution in [0.3, 0.4) is 0 Å². The van der Waals surface area contributed by atoms with Gasteiger partial charge in [-0.25, -0.2) is 0 Å². The van der Waals surface area contributed by atoms with Gasteiger partial charge >= 0.3 is 0 Å². The molecule has 1 aromatic heterocycles. The third kappa shape index (κ3) is 5.13. The van der Waals surface area contributed by atoms with E-state index in [2.05, 4.69) is 10.3 Å². The summed E-state index contributed by atoms with van der Waals surface area (Å²) >= 11 is 5.96. The highest BCUT2D eigenvalue weighted by atomic mass is 35.5. The van der Waals surface area contributed by atoms with Crippen molar-refractivity contribution in [2.45, 2.75) is 25.7 Å². The molecule has 24 heavy (non-hydrogen) atoms. The number of aryl methyl sites for hydroxylation is 1. The van der Waals surface area contributed by atoms with E-state index in [-0.39, 0.29) is 5.91 Å². The average Bonchev–Trinajstić information content (AvgIpc) is 2.60. The Morgan fingerprint density at radius 1 is 1.17 bits per heavy atom. The molecule has 1 heterocycles. The number of pyridine rings is 1. The Morgan fingerprint density at radius 2 is 1.96 bits per heavy atom. The van der Waals surface area contributed by atoms with Crippen LogP contribution in [0.2, 0.25) is 5.02 Å². The van der Waals surface area contributed by atoms with Crippen LogP contribution < -0.4 is 14.8 Å². The fourth-order valence-corrected chi connectivity index (χ4v) is 2.51. The lowest BCUT2D eigenvalue weighted by molar-refractivity contribution is -0.116. The molecule has 128 valence electrons. The van der Waals surface area contributed by atoms with E-state index in [9.17, 15) is 4.79 Å². The highest BCUT2D eigenvalue weighted by Gasteiger charge is 2.07. The minimum absolute atomic E-state index is 0.0459. The highest BCUT2D eigenvalue weighted by molar-refractivity contribution is 6.33. The number of nitrogens with zero attached hydrogens (tertiary/aromatic N) is 1. The zero-order chi connectivity index (χ0) is 17.4. The third-order valence-electron chi connectivity index (χ3n) is 3.61. The maximum absolute atomic E-state index is 11.9. The summed E-state index contributed by atoms with van der Waals surface area (Å²) in [6.45, 7) is 0. The first-order valence-corrected chi connectivity index (χ1v) is 8.12.